The first-order valence-electron chi connectivity index (χ1n) is 4.20. The summed E-state index contributed by atoms with van der Waals surface area (Å²) in [6, 6.07) is 19.1. The van der Waals surface area contributed by atoms with Gasteiger partial charge in [-0.3, -0.25) is 0 Å². The van der Waals surface area contributed by atoms with Crippen LogP contribution in [0.3, 0.4) is 0 Å². The van der Waals surface area contributed by atoms with E-state index in [1.165, 1.54) is 0 Å². The maximum Gasteiger partial charge on any atom is 0.0420 e. The first kappa shape index (κ1) is 11.1. The molecule has 0 saturated heterocycles. The number of hydrogen-bond acceptors (Lipinski definition) is 0. The van der Waals surface area contributed by atoms with Gasteiger partial charge in [-0.1, -0.05) is 65.7 Å². The number of halogens is 2. The second kappa shape index (κ2) is 6.47. The minimum atomic E-state index is 0.678. The Labute approximate surface area is 94.1 Å². The largest absolute Gasteiger partial charge is 0.0843 e. The van der Waals surface area contributed by atoms with Gasteiger partial charge in [-0.05, 0) is 18.2 Å². The quantitative estimate of drug-likeness (QED) is 0.610. The molecule has 0 heterocycles. The first-order chi connectivity index (χ1) is 6.79. The lowest BCUT2D eigenvalue weighted by molar-refractivity contribution is 1.71. The molecular weight excluding hydrogens is 215 g/mol. The van der Waals surface area contributed by atoms with Crippen molar-refractivity contribution in [3.63, 3.8) is 0 Å². The predicted molar refractivity (Wildman–Crippen MR) is 62.9 cm³/mol. The molecule has 14 heavy (non-hydrogen) atoms. The van der Waals surface area contributed by atoms with Gasteiger partial charge in [0.1, 0.15) is 0 Å². The van der Waals surface area contributed by atoms with Gasteiger partial charge in [0.25, 0.3) is 0 Å². The minimum absolute atomic E-state index is 0.678. The van der Waals surface area contributed by atoms with Crippen LogP contribution in [0.15, 0.2) is 60.7 Å². The Hall–Kier alpha value is -0.980. The van der Waals surface area contributed by atoms with Crippen molar-refractivity contribution >= 4 is 23.2 Å². The van der Waals surface area contributed by atoms with Crippen molar-refractivity contribution in [2.24, 2.45) is 0 Å². The van der Waals surface area contributed by atoms with E-state index in [0.29, 0.717) is 10.0 Å². The summed E-state index contributed by atoms with van der Waals surface area (Å²) in [4.78, 5) is 0. The number of rotatable bonds is 0. The summed E-state index contributed by atoms with van der Waals surface area (Å²) in [6.45, 7) is 0. The summed E-state index contributed by atoms with van der Waals surface area (Å²) in [6.07, 6.45) is 0. The molecule has 0 saturated carbocycles. The van der Waals surface area contributed by atoms with Gasteiger partial charge in [0, 0.05) is 10.0 Å². The van der Waals surface area contributed by atoms with E-state index in [9.17, 15) is 0 Å². The van der Waals surface area contributed by atoms with Crippen molar-refractivity contribution < 1.29 is 0 Å². The van der Waals surface area contributed by atoms with Crippen LogP contribution < -0.4 is 0 Å². The molecule has 0 N–H and O–H groups in total. The van der Waals surface area contributed by atoms with Crippen molar-refractivity contribution in [2.45, 2.75) is 0 Å². The molecule has 0 atom stereocenters. The van der Waals surface area contributed by atoms with Crippen LogP contribution in [-0.4, -0.2) is 0 Å². The Morgan fingerprint density at radius 1 is 0.571 bits per heavy atom. The van der Waals surface area contributed by atoms with E-state index in [2.05, 4.69) is 0 Å². The van der Waals surface area contributed by atoms with Crippen molar-refractivity contribution in [1.29, 1.82) is 0 Å². The molecule has 0 radical (unpaired) electrons. The van der Waals surface area contributed by atoms with Crippen molar-refractivity contribution in [3.8, 4) is 0 Å². The van der Waals surface area contributed by atoms with Gasteiger partial charge in [0.2, 0.25) is 0 Å². The Bertz CT molecular complexity index is 314. The summed E-state index contributed by atoms with van der Waals surface area (Å²) in [5.74, 6) is 0. The molecule has 0 fully saturated rings. The van der Waals surface area contributed by atoms with E-state index in [0.717, 1.165) is 0 Å². The summed E-state index contributed by atoms with van der Waals surface area (Å²) >= 11 is 11.1. The van der Waals surface area contributed by atoms with Crippen molar-refractivity contribution in [1.82, 2.24) is 0 Å². The van der Waals surface area contributed by atoms with E-state index in [1.54, 1.807) is 18.2 Å². The second-order valence-corrected chi connectivity index (χ2v) is 3.47. The van der Waals surface area contributed by atoms with Gasteiger partial charge in [-0.25, -0.2) is 0 Å². The zero-order valence-corrected chi connectivity index (χ0v) is 9.04. The van der Waals surface area contributed by atoms with Crippen LogP contribution in [0.25, 0.3) is 0 Å². The predicted octanol–water partition coefficient (Wildman–Crippen LogP) is 4.68. The van der Waals surface area contributed by atoms with Crippen LogP contribution in [0.4, 0.5) is 0 Å². The fourth-order valence-corrected chi connectivity index (χ4v) is 1.28. The smallest absolute Gasteiger partial charge is 0.0420 e. The number of benzene rings is 2. The Morgan fingerprint density at radius 2 is 0.929 bits per heavy atom. The maximum atomic E-state index is 5.56. The summed E-state index contributed by atoms with van der Waals surface area (Å²) in [5, 5.41) is 1.36. The van der Waals surface area contributed by atoms with Crippen LogP contribution >= 0.6 is 23.2 Å². The Kier molecular flexibility index (Phi) is 5.13. The lowest BCUT2D eigenvalue weighted by Gasteiger charge is -1.86. The Balaban J connectivity index is 0.000000146. The van der Waals surface area contributed by atoms with Crippen LogP contribution in [-0.2, 0) is 0 Å². The molecule has 2 aromatic carbocycles. The van der Waals surface area contributed by atoms with Gasteiger partial charge in [0.05, 0.1) is 0 Å². The highest BCUT2D eigenvalue weighted by Gasteiger charge is 1.84. The maximum absolute atomic E-state index is 5.56. The molecule has 0 aromatic heterocycles. The van der Waals surface area contributed by atoms with E-state index < -0.39 is 0 Å². The normalized spacial score (nSPS) is 8.71. The van der Waals surface area contributed by atoms with Crippen molar-refractivity contribution in [2.75, 3.05) is 0 Å². The lowest BCUT2D eigenvalue weighted by atomic mass is 10.4. The van der Waals surface area contributed by atoms with Crippen LogP contribution in [0.2, 0.25) is 10.0 Å². The lowest BCUT2D eigenvalue weighted by Crippen LogP contribution is -1.61. The molecule has 0 aliphatic heterocycles. The molecule has 0 spiro atoms. The van der Waals surface area contributed by atoms with E-state index >= 15 is 0 Å². The van der Waals surface area contributed by atoms with Crippen LogP contribution in [0.1, 0.15) is 0 Å². The summed E-state index contributed by atoms with van der Waals surface area (Å²) in [5.41, 5.74) is 0. The topological polar surface area (TPSA) is 0 Å². The SMILES string of the molecule is Clc1cccc(Cl)c1.c1ccccc1. The highest BCUT2D eigenvalue weighted by atomic mass is 35.5. The molecule has 0 bridgehead atoms. The van der Waals surface area contributed by atoms with Crippen LogP contribution in [0.5, 0.6) is 0 Å². The fourth-order valence-electron chi connectivity index (χ4n) is 0.845. The minimum Gasteiger partial charge on any atom is -0.0843 e. The standard InChI is InChI=1S/C6H4Cl2.C6H6/c7-5-2-1-3-6(8)4-5;1-2-4-6-5-3-1/h1-4H;1-6H. The Morgan fingerprint density at radius 3 is 1.14 bits per heavy atom. The van der Waals surface area contributed by atoms with Gasteiger partial charge < -0.3 is 0 Å². The van der Waals surface area contributed by atoms with Gasteiger partial charge in [-0.15, -0.1) is 0 Å². The van der Waals surface area contributed by atoms with E-state index in [1.807, 2.05) is 42.5 Å². The van der Waals surface area contributed by atoms with E-state index in [-0.39, 0.29) is 0 Å². The highest BCUT2D eigenvalue weighted by Crippen LogP contribution is 2.13. The molecule has 0 nitrogen and oxygen atoms in total. The van der Waals surface area contributed by atoms with Gasteiger partial charge in [-0.2, -0.15) is 0 Å². The monoisotopic (exact) mass is 224 g/mol. The zero-order chi connectivity index (χ0) is 10.2. The molecule has 2 rings (SSSR count). The zero-order valence-electron chi connectivity index (χ0n) is 7.53. The third-order valence-electron chi connectivity index (χ3n) is 1.45. The molecule has 2 heteroatoms. The average Bonchev–Trinajstić information content (AvgIpc) is 2.21. The average molecular weight is 225 g/mol. The first-order valence-corrected chi connectivity index (χ1v) is 4.96. The molecule has 0 aliphatic carbocycles. The van der Waals surface area contributed by atoms with Gasteiger partial charge in [0.15, 0.2) is 0 Å². The van der Waals surface area contributed by atoms with E-state index in [4.69, 9.17) is 23.2 Å². The van der Waals surface area contributed by atoms with Crippen molar-refractivity contribution in [3.05, 3.63) is 70.7 Å². The second-order valence-electron chi connectivity index (χ2n) is 2.59. The van der Waals surface area contributed by atoms with Crippen LogP contribution in [0, 0.1) is 0 Å². The number of hydrogen-bond donors (Lipinski definition) is 0. The molecule has 72 valence electrons. The summed E-state index contributed by atoms with van der Waals surface area (Å²) < 4.78 is 0. The highest BCUT2D eigenvalue weighted by molar-refractivity contribution is 6.34. The van der Waals surface area contributed by atoms with Gasteiger partial charge >= 0.3 is 0 Å². The molecule has 0 aliphatic rings. The fraction of sp³-hybridized carbons (Fsp3) is 0. The molecule has 0 unspecified atom stereocenters. The third kappa shape index (κ3) is 4.90. The summed E-state index contributed by atoms with van der Waals surface area (Å²) in [7, 11) is 0. The third-order valence-corrected chi connectivity index (χ3v) is 1.92. The molecule has 2 aromatic rings. The molecule has 0 amide bonds. The molecular formula is C12H10Cl2.